The summed E-state index contributed by atoms with van der Waals surface area (Å²) in [5, 5.41) is 20.9. The van der Waals surface area contributed by atoms with Crippen LogP contribution in [0.15, 0.2) is 46.2 Å². The molecule has 0 unspecified atom stereocenters. The van der Waals surface area contributed by atoms with E-state index in [9.17, 15) is 4.79 Å². The standard InChI is InChI=1S/C16H12ClN5O2S/c1-22-15(13-3-2-6-24-13)20-21-16(22)25-9-14(23)19-12-7-11(17)5-4-10(12)8-18/h2-7H,9H2,1H3,(H,19,23). The fraction of sp³-hybridized carbons (Fsp3) is 0.125. The summed E-state index contributed by atoms with van der Waals surface area (Å²) in [6.45, 7) is 0. The third-order valence-electron chi connectivity index (χ3n) is 3.28. The van der Waals surface area contributed by atoms with Gasteiger partial charge in [-0.05, 0) is 30.3 Å². The molecular weight excluding hydrogens is 362 g/mol. The van der Waals surface area contributed by atoms with Gasteiger partial charge in [0.05, 0.1) is 23.3 Å². The van der Waals surface area contributed by atoms with Crippen molar-refractivity contribution in [1.82, 2.24) is 14.8 Å². The van der Waals surface area contributed by atoms with Crippen LogP contribution in [0.2, 0.25) is 5.02 Å². The zero-order chi connectivity index (χ0) is 17.8. The summed E-state index contributed by atoms with van der Waals surface area (Å²) in [5.74, 6) is 1.02. The number of amides is 1. The largest absolute Gasteiger partial charge is 0.461 e. The second-order valence-corrected chi connectivity index (χ2v) is 6.36. The zero-order valence-electron chi connectivity index (χ0n) is 13.1. The maximum atomic E-state index is 12.2. The second kappa shape index (κ2) is 7.42. The number of thioether (sulfide) groups is 1. The van der Waals surface area contributed by atoms with Crippen LogP contribution in [-0.4, -0.2) is 26.4 Å². The molecule has 0 aliphatic heterocycles. The number of nitriles is 1. The van der Waals surface area contributed by atoms with Crippen molar-refractivity contribution in [2.75, 3.05) is 11.1 Å². The number of furan rings is 1. The van der Waals surface area contributed by atoms with Crippen molar-refractivity contribution in [3.05, 3.63) is 47.2 Å². The number of nitrogens with one attached hydrogen (secondary N) is 1. The van der Waals surface area contributed by atoms with E-state index in [-0.39, 0.29) is 11.7 Å². The Balaban J connectivity index is 1.66. The molecule has 2 aromatic heterocycles. The van der Waals surface area contributed by atoms with Crippen LogP contribution in [0.4, 0.5) is 5.69 Å². The summed E-state index contributed by atoms with van der Waals surface area (Å²) < 4.78 is 7.05. The van der Waals surface area contributed by atoms with Crippen LogP contribution in [-0.2, 0) is 11.8 Å². The Kier molecular flexibility index (Phi) is 5.07. The van der Waals surface area contributed by atoms with Gasteiger partial charge in [0.2, 0.25) is 5.91 Å². The first-order valence-electron chi connectivity index (χ1n) is 7.14. The normalized spacial score (nSPS) is 10.4. The topological polar surface area (TPSA) is 96.7 Å². The third kappa shape index (κ3) is 3.84. The van der Waals surface area contributed by atoms with Gasteiger partial charge in [-0.25, -0.2) is 0 Å². The van der Waals surface area contributed by atoms with Gasteiger partial charge in [-0.2, -0.15) is 5.26 Å². The van der Waals surface area contributed by atoms with Crippen LogP contribution in [0.5, 0.6) is 0 Å². The molecule has 0 saturated heterocycles. The molecule has 3 aromatic rings. The van der Waals surface area contributed by atoms with Crippen molar-refractivity contribution in [3.63, 3.8) is 0 Å². The summed E-state index contributed by atoms with van der Waals surface area (Å²) in [4.78, 5) is 12.2. The summed E-state index contributed by atoms with van der Waals surface area (Å²) in [5.41, 5.74) is 0.733. The summed E-state index contributed by atoms with van der Waals surface area (Å²) in [6.07, 6.45) is 1.56. The minimum Gasteiger partial charge on any atom is -0.461 e. The highest BCUT2D eigenvalue weighted by Gasteiger charge is 2.15. The van der Waals surface area contributed by atoms with Crippen LogP contribution in [0.3, 0.4) is 0 Å². The van der Waals surface area contributed by atoms with Gasteiger partial charge < -0.3 is 14.3 Å². The number of nitrogens with zero attached hydrogens (tertiary/aromatic N) is 4. The summed E-state index contributed by atoms with van der Waals surface area (Å²) >= 11 is 7.14. The SMILES string of the molecule is Cn1c(SCC(=O)Nc2cc(Cl)ccc2C#N)nnc1-c1ccco1. The first-order chi connectivity index (χ1) is 12.1. The molecule has 7 nitrogen and oxygen atoms in total. The highest BCUT2D eigenvalue weighted by molar-refractivity contribution is 7.99. The van der Waals surface area contributed by atoms with E-state index in [4.69, 9.17) is 21.3 Å². The number of hydrogen-bond donors (Lipinski definition) is 1. The number of aromatic nitrogens is 3. The van der Waals surface area contributed by atoms with Gasteiger partial charge in [0, 0.05) is 12.1 Å². The molecular formula is C16H12ClN5O2S. The van der Waals surface area contributed by atoms with E-state index in [2.05, 4.69) is 15.5 Å². The monoisotopic (exact) mass is 373 g/mol. The van der Waals surface area contributed by atoms with Crippen molar-refractivity contribution < 1.29 is 9.21 Å². The third-order valence-corrected chi connectivity index (χ3v) is 4.54. The fourth-order valence-electron chi connectivity index (χ4n) is 2.09. The Bertz CT molecular complexity index is 946. The number of carbonyl (C=O) groups excluding carboxylic acids is 1. The summed E-state index contributed by atoms with van der Waals surface area (Å²) in [7, 11) is 1.79. The van der Waals surface area contributed by atoms with E-state index >= 15 is 0 Å². The second-order valence-electron chi connectivity index (χ2n) is 4.98. The highest BCUT2D eigenvalue weighted by Crippen LogP contribution is 2.24. The summed E-state index contributed by atoms with van der Waals surface area (Å²) in [6, 6.07) is 10.3. The number of hydrogen-bond acceptors (Lipinski definition) is 6. The minimum absolute atomic E-state index is 0.113. The first-order valence-corrected chi connectivity index (χ1v) is 8.50. The van der Waals surface area contributed by atoms with Gasteiger partial charge in [0.15, 0.2) is 16.7 Å². The Labute approximate surface area is 152 Å². The lowest BCUT2D eigenvalue weighted by molar-refractivity contribution is -0.113. The van der Waals surface area contributed by atoms with Crippen LogP contribution in [0.1, 0.15) is 5.56 Å². The van der Waals surface area contributed by atoms with Gasteiger partial charge in [-0.15, -0.1) is 10.2 Å². The predicted octanol–water partition coefficient (Wildman–Crippen LogP) is 3.33. The van der Waals surface area contributed by atoms with Crippen molar-refractivity contribution in [3.8, 4) is 17.7 Å². The smallest absolute Gasteiger partial charge is 0.234 e. The lowest BCUT2D eigenvalue weighted by atomic mass is 10.2. The molecule has 0 saturated carbocycles. The molecule has 1 amide bonds. The molecule has 0 radical (unpaired) electrons. The molecule has 0 aliphatic carbocycles. The molecule has 0 aliphatic rings. The van der Waals surface area contributed by atoms with Gasteiger partial charge >= 0.3 is 0 Å². The molecule has 9 heteroatoms. The zero-order valence-corrected chi connectivity index (χ0v) is 14.6. The van der Waals surface area contributed by atoms with Gasteiger partial charge in [0.25, 0.3) is 0 Å². The molecule has 1 N–H and O–H groups in total. The number of rotatable bonds is 5. The Hall–Kier alpha value is -2.76. The van der Waals surface area contributed by atoms with Crippen LogP contribution in [0, 0.1) is 11.3 Å². The maximum Gasteiger partial charge on any atom is 0.234 e. The van der Waals surface area contributed by atoms with Crippen molar-refractivity contribution in [1.29, 1.82) is 5.26 Å². The molecule has 25 heavy (non-hydrogen) atoms. The van der Waals surface area contributed by atoms with Crippen molar-refractivity contribution in [2.24, 2.45) is 7.05 Å². The van der Waals surface area contributed by atoms with Crippen LogP contribution >= 0.6 is 23.4 Å². The molecule has 2 heterocycles. The fourth-order valence-corrected chi connectivity index (χ4v) is 2.98. The Morgan fingerprint density at radius 1 is 1.44 bits per heavy atom. The Morgan fingerprint density at radius 3 is 3.00 bits per heavy atom. The molecule has 0 bridgehead atoms. The van der Waals surface area contributed by atoms with Crippen molar-refractivity contribution >= 4 is 35.0 Å². The Morgan fingerprint density at radius 2 is 2.28 bits per heavy atom. The van der Waals surface area contributed by atoms with E-state index < -0.39 is 0 Å². The van der Waals surface area contributed by atoms with Crippen molar-refractivity contribution in [2.45, 2.75) is 5.16 Å². The van der Waals surface area contributed by atoms with E-state index in [1.807, 2.05) is 6.07 Å². The number of benzene rings is 1. The predicted molar refractivity (Wildman–Crippen MR) is 94.2 cm³/mol. The number of anilines is 1. The van der Waals surface area contributed by atoms with Gasteiger partial charge in [-0.1, -0.05) is 23.4 Å². The molecule has 0 atom stereocenters. The number of halogens is 1. The average molecular weight is 374 g/mol. The van der Waals surface area contributed by atoms with Crippen LogP contribution in [0.25, 0.3) is 11.6 Å². The molecule has 126 valence electrons. The quantitative estimate of drug-likeness (QED) is 0.689. The van der Waals surface area contributed by atoms with E-state index in [0.717, 1.165) is 0 Å². The van der Waals surface area contributed by atoms with E-state index in [0.29, 0.717) is 33.0 Å². The molecule has 0 spiro atoms. The lowest BCUT2D eigenvalue weighted by Crippen LogP contribution is -2.15. The van der Waals surface area contributed by atoms with Gasteiger partial charge in [0.1, 0.15) is 6.07 Å². The van der Waals surface area contributed by atoms with Crippen LogP contribution < -0.4 is 5.32 Å². The average Bonchev–Trinajstić information content (AvgIpc) is 3.23. The molecule has 3 rings (SSSR count). The molecule has 1 aromatic carbocycles. The minimum atomic E-state index is -0.272. The lowest BCUT2D eigenvalue weighted by Gasteiger charge is -2.07. The van der Waals surface area contributed by atoms with Gasteiger partial charge in [-0.3, -0.25) is 4.79 Å². The molecule has 0 fully saturated rings. The number of carbonyl (C=O) groups is 1. The maximum absolute atomic E-state index is 12.2. The highest BCUT2D eigenvalue weighted by atomic mass is 35.5. The first kappa shape index (κ1) is 17.1. The van der Waals surface area contributed by atoms with E-state index in [1.54, 1.807) is 48.2 Å². The van der Waals surface area contributed by atoms with E-state index in [1.165, 1.54) is 11.8 Å².